The summed E-state index contributed by atoms with van der Waals surface area (Å²) >= 11 is 0. The summed E-state index contributed by atoms with van der Waals surface area (Å²) in [6.07, 6.45) is 1.36. The van der Waals surface area contributed by atoms with Crippen LogP contribution in [0.2, 0.25) is 0 Å². The number of halogens is 1. The SMILES string of the molecule is O=S(=O)(C1COC1)N1CCC[C@H](OCc2ccccc2F)C1. The number of rotatable bonds is 5. The monoisotopic (exact) mass is 329 g/mol. The van der Waals surface area contributed by atoms with E-state index in [2.05, 4.69) is 0 Å². The van der Waals surface area contributed by atoms with Gasteiger partial charge in [0.1, 0.15) is 11.1 Å². The fourth-order valence-electron chi connectivity index (χ4n) is 2.69. The zero-order valence-electron chi connectivity index (χ0n) is 12.3. The highest BCUT2D eigenvalue weighted by molar-refractivity contribution is 7.89. The number of hydrogen-bond acceptors (Lipinski definition) is 4. The lowest BCUT2D eigenvalue weighted by atomic mass is 10.1. The lowest BCUT2D eigenvalue weighted by molar-refractivity contribution is 0.00340. The van der Waals surface area contributed by atoms with Gasteiger partial charge in [0.15, 0.2) is 0 Å². The van der Waals surface area contributed by atoms with E-state index in [-0.39, 0.29) is 31.7 Å². The van der Waals surface area contributed by atoms with Gasteiger partial charge in [0.2, 0.25) is 10.0 Å². The average molecular weight is 329 g/mol. The minimum atomic E-state index is -3.30. The molecule has 2 aliphatic heterocycles. The number of benzene rings is 1. The fourth-order valence-corrected chi connectivity index (χ4v) is 4.41. The molecule has 0 bridgehead atoms. The molecule has 2 saturated heterocycles. The summed E-state index contributed by atoms with van der Waals surface area (Å²) in [5.41, 5.74) is 0.495. The molecule has 3 rings (SSSR count). The average Bonchev–Trinajstić information content (AvgIpc) is 2.44. The number of ether oxygens (including phenoxy) is 2. The molecule has 0 radical (unpaired) electrons. The second-order valence-electron chi connectivity index (χ2n) is 5.73. The van der Waals surface area contributed by atoms with Crippen molar-refractivity contribution >= 4 is 10.0 Å². The van der Waals surface area contributed by atoms with E-state index in [1.165, 1.54) is 10.4 Å². The van der Waals surface area contributed by atoms with Crippen molar-refractivity contribution in [3.8, 4) is 0 Å². The zero-order valence-corrected chi connectivity index (χ0v) is 13.1. The van der Waals surface area contributed by atoms with Gasteiger partial charge in [-0.1, -0.05) is 18.2 Å². The molecule has 2 heterocycles. The first-order valence-corrected chi connectivity index (χ1v) is 8.99. The van der Waals surface area contributed by atoms with E-state index in [0.29, 0.717) is 18.7 Å². The molecule has 0 saturated carbocycles. The molecule has 2 aliphatic rings. The van der Waals surface area contributed by atoms with Crippen molar-refractivity contribution in [2.45, 2.75) is 30.8 Å². The molecule has 0 aromatic heterocycles. The standard InChI is InChI=1S/C15H20FNO4S/c16-15-6-2-1-4-12(15)9-21-13-5-3-7-17(8-13)22(18,19)14-10-20-11-14/h1-2,4,6,13-14H,3,5,7-11H2/t13-/m0/s1. The summed E-state index contributed by atoms with van der Waals surface area (Å²) in [5, 5.41) is -0.419. The number of hydrogen-bond donors (Lipinski definition) is 0. The number of nitrogens with zero attached hydrogens (tertiary/aromatic N) is 1. The third kappa shape index (κ3) is 3.32. The third-order valence-electron chi connectivity index (χ3n) is 4.16. The molecule has 1 atom stereocenters. The van der Waals surface area contributed by atoms with Gasteiger partial charge in [-0.3, -0.25) is 0 Å². The summed E-state index contributed by atoms with van der Waals surface area (Å²) in [6, 6.07) is 6.47. The van der Waals surface area contributed by atoms with E-state index in [1.807, 2.05) is 0 Å². The largest absolute Gasteiger partial charge is 0.378 e. The van der Waals surface area contributed by atoms with Crippen LogP contribution in [-0.2, 0) is 26.1 Å². The summed E-state index contributed by atoms with van der Waals surface area (Å²) in [4.78, 5) is 0. The predicted molar refractivity (Wildman–Crippen MR) is 79.3 cm³/mol. The highest BCUT2D eigenvalue weighted by Crippen LogP contribution is 2.23. The Morgan fingerprint density at radius 3 is 2.77 bits per heavy atom. The molecule has 7 heteroatoms. The quantitative estimate of drug-likeness (QED) is 0.822. The zero-order chi connectivity index (χ0) is 15.6. The predicted octanol–water partition coefficient (Wildman–Crippen LogP) is 1.54. The maximum atomic E-state index is 13.6. The van der Waals surface area contributed by atoms with Crippen molar-refractivity contribution in [3.05, 3.63) is 35.6 Å². The number of piperidine rings is 1. The second-order valence-corrected chi connectivity index (χ2v) is 7.94. The van der Waals surface area contributed by atoms with Crippen LogP contribution in [0.25, 0.3) is 0 Å². The Labute approximate surface area is 130 Å². The lowest BCUT2D eigenvalue weighted by Gasteiger charge is -2.36. The van der Waals surface area contributed by atoms with Crippen molar-refractivity contribution in [1.82, 2.24) is 4.31 Å². The first-order chi connectivity index (χ1) is 10.6. The van der Waals surface area contributed by atoms with Gasteiger partial charge in [-0.15, -0.1) is 0 Å². The van der Waals surface area contributed by atoms with E-state index in [1.54, 1.807) is 18.2 Å². The van der Waals surface area contributed by atoms with Gasteiger partial charge in [-0.2, -0.15) is 4.31 Å². The normalized spacial score (nSPS) is 24.1. The van der Waals surface area contributed by atoms with Crippen LogP contribution in [0, 0.1) is 5.82 Å². The van der Waals surface area contributed by atoms with Crippen molar-refractivity contribution in [2.75, 3.05) is 26.3 Å². The summed E-state index contributed by atoms with van der Waals surface area (Å²) < 4.78 is 50.5. The molecule has 1 aromatic carbocycles. The Kier molecular flexibility index (Phi) is 4.77. The van der Waals surface area contributed by atoms with Crippen molar-refractivity contribution in [2.24, 2.45) is 0 Å². The van der Waals surface area contributed by atoms with Gasteiger partial charge in [-0.25, -0.2) is 12.8 Å². The molecular weight excluding hydrogens is 309 g/mol. The molecule has 0 unspecified atom stereocenters. The van der Waals surface area contributed by atoms with Crippen molar-refractivity contribution in [3.63, 3.8) is 0 Å². The summed E-state index contributed by atoms with van der Waals surface area (Å²) in [7, 11) is -3.30. The maximum Gasteiger partial charge on any atom is 0.221 e. The molecular formula is C15H20FNO4S. The van der Waals surface area contributed by atoms with Gasteiger partial charge in [0, 0.05) is 18.7 Å². The van der Waals surface area contributed by atoms with E-state index in [4.69, 9.17) is 9.47 Å². The Hall–Kier alpha value is -1.02. The molecule has 0 aliphatic carbocycles. The Balaban J connectivity index is 1.58. The molecule has 0 spiro atoms. The van der Waals surface area contributed by atoms with Crippen molar-refractivity contribution in [1.29, 1.82) is 0 Å². The van der Waals surface area contributed by atoms with Crippen LogP contribution in [0.1, 0.15) is 18.4 Å². The van der Waals surface area contributed by atoms with Crippen LogP contribution in [0.15, 0.2) is 24.3 Å². The lowest BCUT2D eigenvalue weighted by Crippen LogP contribution is -2.52. The fraction of sp³-hybridized carbons (Fsp3) is 0.600. The Morgan fingerprint density at radius 1 is 1.32 bits per heavy atom. The first-order valence-electron chi connectivity index (χ1n) is 7.49. The van der Waals surface area contributed by atoms with Crippen molar-refractivity contribution < 1.29 is 22.3 Å². The molecule has 0 amide bonds. The van der Waals surface area contributed by atoms with Gasteiger partial charge in [0.25, 0.3) is 0 Å². The van der Waals surface area contributed by atoms with Crippen LogP contribution < -0.4 is 0 Å². The Morgan fingerprint density at radius 2 is 2.09 bits per heavy atom. The highest BCUT2D eigenvalue weighted by atomic mass is 32.2. The van der Waals surface area contributed by atoms with E-state index >= 15 is 0 Å². The number of sulfonamides is 1. The van der Waals surface area contributed by atoms with E-state index < -0.39 is 15.3 Å². The molecule has 0 N–H and O–H groups in total. The summed E-state index contributed by atoms with van der Waals surface area (Å²) in [6.45, 7) is 1.59. The molecule has 22 heavy (non-hydrogen) atoms. The van der Waals surface area contributed by atoms with Gasteiger partial charge < -0.3 is 9.47 Å². The minimum Gasteiger partial charge on any atom is -0.378 e. The molecule has 1 aromatic rings. The topological polar surface area (TPSA) is 55.8 Å². The van der Waals surface area contributed by atoms with Crippen LogP contribution in [0.4, 0.5) is 4.39 Å². The summed E-state index contributed by atoms with van der Waals surface area (Å²) in [5.74, 6) is -0.297. The van der Waals surface area contributed by atoms with Crippen LogP contribution >= 0.6 is 0 Å². The van der Waals surface area contributed by atoms with Crippen LogP contribution in [0.3, 0.4) is 0 Å². The maximum absolute atomic E-state index is 13.6. The van der Waals surface area contributed by atoms with Gasteiger partial charge in [-0.05, 0) is 18.9 Å². The first kappa shape index (κ1) is 15.9. The third-order valence-corrected chi connectivity index (χ3v) is 6.33. The van der Waals surface area contributed by atoms with E-state index in [0.717, 1.165) is 12.8 Å². The molecule has 5 nitrogen and oxygen atoms in total. The second kappa shape index (κ2) is 6.62. The van der Waals surface area contributed by atoms with Crippen LogP contribution in [-0.4, -0.2) is 50.4 Å². The molecule has 2 fully saturated rings. The molecule has 122 valence electrons. The Bertz CT molecular complexity index is 618. The minimum absolute atomic E-state index is 0.164. The highest BCUT2D eigenvalue weighted by Gasteiger charge is 2.39. The van der Waals surface area contributed by atoms with Crippen LogP contribution in [0.5, 0.6) is 0 Å². The van der Waals surface area contributed by atoms with E-state index in [9.17, 15) is 12.8 Å². The van der Waals surface area contributed by atoms with Gasteiger partial charge in [0.05, 0.1) is 25.9 Å². The smallest absolute Gasteiger partial charge is 0.221 e. The van der Waals surface area contributed by atoms with Gasteiger partial charge >= 0.3 is 0 Å².